The molecule has 0 aliphatic heterocycles. The van der Waals surface area contributed by atoms with E-state index in [4.69, 9.17) is 14.2 Å². The molecule has 0 N–H and O–H groups in total. The van der Waals surface area contributed by atoms with E-state index in [2.05, 4.69) is 154 Å². The third-order valence-corrected chi connectivity index (χ3v) is 13.9. The average Bonchev–Trinajstić information content (AvgIpc) is 3.46. The first-order valence-corrected chi connectivity index (χ1v) is 33.2. The van der Waals surface area contributed by atoms with Gasteiger partial charge in [0.2, 0.25) is 0 Å². The van der Waals surface area contributed by atoms with Gasteiger partial charge in [0.05, 0.1) is 0 Å². The van der Waals surface area contributed by atoms with Crippen molar-refractivity contribution in [2.45, 2.75) is 303 Å². The van der Waals surface area contributed by atoms with Crippen molar-refractivity contribution in [3.05, 3.63) is 134 Å². The van der Waals surface area contributed by atoms with Crippen LogP contribution in [-0.2, 0) is 28.6 Å². The van der Waals surface area contributed by atoms with Crippen LogP contribution in [-0.4, -0.2) is 37.2 Å². The van der Waals surface area contributed by atoms with Gasteiger partial charge in [-0.15, -0.1) is 0 Å². The Morgan fingerprint density at radius 2 is 0.487 bits per heavy atom. The summed E-state index contributed by atoms with van der Waals surface area (Å²) in [6.45, 7) is 6.46. The molecule has 0 saturated heterocycles. The first-order chi connectivity index (χ1) is 39.5. The largest absolute Gasteiger partial charge is 0.462 e. The second kappa shape index (κ2) is 67.1. The summed E-state index contributed by atoms with van der Waals surface area (Å²) in [4.78, 5) is 38.1. The number of ether oxygens (including phenoxy) is 3. The maximum absolute atomic E-state index is 12.9. The van der Waals surface area contributed by atoms with Gasteiger partial charge in [0.1, 0.15) is 13.2 Å². The Kier molecular flexibility index (Phi) is 63.3. The zero-order valence-corrected chi connectivity index (χ0v) is 52.0. The molecule has 0 aromatic carbocycles. The number of carbonyl (C=O) groups is 3. The fourth-order valence-electron chi connectivity index (χ4n) is 8.94. The van der Waals surface area contributed by atoms with Crippen molar-refractivity contribution in [3.63, 3.8) is 0 Å². The van der Waals surface area contributed by atoms with Crippen molar-refractivity contribution in [2.24, 2.45) is 0 Å². The molecule has 6 nitrogen and oxygen atoms in total. The number of esters is 3. The zero-order valence-electron chi connectivity index (χ0n) is 52.0. The normalized spacial score (nSPS) is 13.0. The number of unbranched alkanes of at least 4 members (excludes halogenated alkanes) is 26. The van der Waals surface area contributed by atoms with Crippen LogP contribution in [0.2, 0.25) is 0 Å². The summed E-state index contributed by atoms with van der Waals surface area (Å²) in [6, 6.07) is 0. The Hall–Kier alpha value is -4.45. The molecule has 0 heterocycles. The molecule has 6 heteroatoms. The van der Waals surface area contributed by atoms with Crippen LogP contribution in [0.25, 0.3) is 0 Å². The summed E-state index contributed by atoms with van der Waals surface area (Å²) < 4.78 is 16.8. The van der Waals surface area contributed by atoms with Crippen LogP contribution >= 0.6 is 0 Å². The monoisotopic (exact) mass is 1110 g/mol. The molecule has 0 spiro atoms. The number of allylic oxidation sites excluding steroid dienone is 22. The lowest BCUT2D eigenvalue weighted by molar-refractivity contribution is -0.167. The highest BCUT2D eigenvalue weighted by atomic mass is 16.6. The van der Waals surface area contributed by atoms with Crippen LogP contribution in [0.1, 0.15) is 297 Å². The molecule has 0 bridgehead atoms. The van der Waals surface area contributed by atoms with Crippen molar-refractivity contribution >= 4 is 17.9 Å². The summed E-state index contributed by atoms with van der Waals surface area (Å²) in [5.74, 6) is -0.903. The molecule has 0 amide bonds. The van der Waals surface area contributed by atoms with E-state index in [1.54, 1.807) is 0 Å². The topological polar surface area (TPSA) is 78.9 Å². The smallest absolute Gasteiger partial charge is 0.306 e. The molecular weight excluding hydrogens is 985 g/mol. The van der Waals surface area contributed by atoms with Crippen molar-refractivity contribution in [1.29, 1.82) is 0 Å². The van der Waals surface area contributed by atoms with E-state index in [-0.39, 0.29) is 31.1 Å². The lowest BCUT2D eigenvalue weighted by Gasteiger charge is -2.18. The van der Waals surface area contributed by atoms with Crippen LogP contribution < -0.4 is 0 Å². The minimum atomic E-state index is -0.788. The van der Waals surface area contributed by atoms with E-state index >= 15 is 0 Å². The van der Waals surface area contributed by atoms with E-state index in [1.807, 2.05) is 0 Å². The van der Waals surface area contributed by atoms with Crippen molar-refractivity contribution in [1.82, 2.24) is 0 Å². The molecule has 0 aliphatic rings. The van der Waals surface area contributed by atoms with E-state index in [0.717, 1.165) is 135 Å². The highest BCUT2D eigenvalue weighted by molar-refractivity contribution is 5.71. The van der Waals surface area contributed by atoms with Gasteiger partial charge in [0, 0.05) is 19.3 Å². The molecule has 0 saturated carbocycles. The highest BCUT2D eigenvalue weighted by Crippen LogP contribution is 2.15. The summed E-state index contributed by atoms with van der Waals surface area (Å²) in [6.07, 6.45) is 94.8. The molecule has 1 unspecified atom stereocenters. The Balaban J connectivity index is 4.16. The Labute approximate surface area is 494 Å². The van der Waals surface area contributed by atoms with Gasteiger partial charge in [-0.25, -0.2) is 0 Å². The molecule has 0 aromatic heterocycles. The van der Waals surface area contributed by atoms with Gasteiger partial charge in [-0.1, -0.05) is 289 Å². The van der Waals surface area contributed by atoms with E-state index in [0.29, 0.717) is 19.3 Å². The lowest BCUT2D eigenvalue weighted by atomic mass is 10.1. The molecule has 0 aromatic rings. The van der Waals surface area contributed by atoms with Crippen LogP contribution in [0.5, 0.6) is 0 Å². The summed E-state index contributed by atoms with van der Waals surface area (Å²) in [5.41, 5.74) is 0. The highest BCUT2D eigenvalue weighted by Gasteiger charge is 2.19. The molecule has 80 heavy (non-hydrogen) atoms. The summed E-state index contributed by atoms with van der Waals surface area (Å²) in [7, 11) is 0. The minimum absolute atomic E-state index is 0.0850. The molecular formula is C74H122O6. The van der Waals surface area contributed by atoms with Gasteiger partial charge in [-0.3, -0.25) is 14.4 Å². The Morgan fingerprint density at radius 1 is 0.263 bits per heavy atom. The second-order valence-electron chi connectivity index (χ2n) is 21.6. The van der Waals surface area contributed by atoms with Gasteiger partial charge in [-0.05, 0) is 122 Å². The first-order valence-electron chi connectivity index (χ1n) is 33.2. The zero-order chi connectivity index (χ0) is 57.8. The Morgan fingerprint density at radius 3 is 0.787 bits per heavy atom. The van der Waals surface area contributed by atoms with E-state index in [1.165, 1.54) is 122 Å². The number of hydrogen-bond donors (Lipinski definition) is 0. The van der Waals surface area contributed by atoms with Crippen LogP contribution in [0, 0.1) is 0 Å². The molecule has 0 radical (unpaired) electrons. The molecule has 0 aliphatic carbocycles. The van der Waals surface area contributed by atoms with Crippen LogP contribution in [0.4, 0.5) is 0 Å². The third-order valence-electron chi connectivity index (χ3n) is 13.9. The predicted octanol–water partition coefficient (Wildman–Crippen LogP) is 22.9. The van der Waals surface area contributed by atoms with Gasteiger partial charge in [0.25, 0.3) is 0 Å². The number of rotatable bonds is 59. The van der Waals surface area contributed by atoms with Crippen molar-refractivity contribution in [3.8, 4) is 0 Å². The maximum atomic E-state index is 12.9. The average molecular weight is 1110 g/mol. The van der Waals surface area contributed by atoms with Gasteiger partial charge in [-0.2, -0.15) is 0 Å². The lowest BCUT2D eigenvalue weighted by Crippen LogP contribution is -2.30. The van der Waals surface area contributed by atoms with E-state index < -0.39 is 6.10 Å². The molecule has 0 rings (SSSR count). The van der Waals surface area contributed by atoms with Crippen LogP contribution in [0.3, 0.4) is 0 Å². The summed E-state index contributed by atoms with van der Waals surface area (Å²) in [5, 5.41) is 0. The minimum Gasteiger partial charge on any atom is -0.462 e. The SMILES string of the molecule is CC/C=C\C/C=C\C/C=C\C/C=C\C/C=C\C/C=C\C/C=C\C/C=C\CCCCCCCCCCCCC(=O)OCC(COC(=O)CCCCCCCCCC)OC(=O)CCCCCCCC/C=C\C/C=C\C/C=C\CCCCC. The fourth-order valence-corrected chi connectivity index (χ4v) is 8.94. The second-order valence-corrected chi connectivity index (χ2v) is 21.6. The van der Waals surface area contributed by atoms with Gasteiger partial charge < -0.3 is 14.2 Å². The van der Waals surface area contributed by atoms with Crippen LogP contribution in [0.15, 0.2) is 134 Å². The number of carbonyl (C=O) groups excluding carboxylic acids is 3. The predicted molar refractivity (Wildman–Crippen MR) is 348 cm³/mol. The first kappa shape index (κ1) is 75.5. The van der Waals surface area contributed by atoms with Crippen molar-refractivity contribution < 1.29 is 28.6 Å². The van der Waals surface area contributed by atoms with Gasteiger partial charge in [0.15, 0.2) is 6.10 Å². The standard InChI is InChI=1S/C74H122O6/c1-4-7-10-13-16-19-21-23-25-27-29-30-31-32-33-34-35-36-37-38-39-40-41-42-43-44-46-47-49-51-53-55-58-61-64-67-73(76)79-70-71(69-78-72(75)66-63-60-57-18-15-12-9-6-3)80-74(77)68-65-62-59-56-54-52-50-48-45-28-26-24-22-20-17-14-11-8-5-2/h7,10,16-17,19-20,23-26,29-30,32-33,35-36,38-39,41-42,45,48,71H,4-6,8-9,11-15,18,21-22,27-28,31,34,37,40,43-44,46-47,49-70H2,1-3H3/b10-7-,19-16-,20-17-,25-23-,26-24-,30-29-,33-32-,36-35-,39-38-,42-41-,48-45-. The molecule has 454 valence electrons. The maximum Gasteiger partial charge on any atom is 0.306 e. The van der Waals surface area contributed by atoms with E-state index in [9.17, 15) is 14.4 Å². The quantitative estimate of drug-likeness (QED) is 0.0261. The Bertz CT molecular complexity index is 1700. The fraction of sp³-hybridized carbons (Fsp3) is 0.662. The molecule has 1 atom stereocenters. The van der Waals surface area contributed by atoms with Gasteiger partial charge >= 0.3 is 17.9 Å². The summed E-state index contributed by atoms with van der Waals surface area (Å²) >= 11 is 0. The number of hydrogen-bond acceptors (Lipinski definition) is 6. The third kappa shape index (κ3) is 64.4. The molecule has 0 fully saturated rings. The van der Waals surface area contributed by atoms with Crippen molar-refractivity contribution in [2.75, 3.05) is 13.2 Å².